The zero-order valence-electron chi connectivity index (χ0n) is 10.6. The van der Waals surface area contributed by atoms with Crippen molar-refractivity contribution in [1.29, 1.82) is 0 Å². The third kappa shape index (κ3) is 2.74. The number of aromatic nitrogens is 1. The lowest BCUT2D eigenvalue weighted by Crippen LogP contribution is -2.18. The van der Waals surface area contributed by atoms with Crippen LogP contribution in [0.2, 0.25) is 0 Å². The van der Waals surface area contributed by atoms with Crippen LogP contribution in [0.15, 0.2) is 48.7 Å². The van der Waals surface area contributed by atoms with Crippen molar-refractivity contribution in [3.05, 3.63) is 48.7 Å². The minimum atomic E-state index is -0.0400. The molecule has 0 fully saturated rings. The molecule has 1 heterocycles. The second-order valence-electron chi connectivity index (χ2n) is 4.40. The number of hydrogen-bond acceptors (Lipinski definition) is 2. The van der Waals surface area contributed by atoms with E-state index in [1.165, 1.54) is 0 Å². The van der Waals surface area contributed by atoms with Gasteiger partial charge in [0.15, 0.2) is 0 Å². The summed E-state index contributed by atoms with van der Waals surface area (Å²) in [6, 6.07) is 13.4. The van der Waals surface area contributed by atoms with Gasteiger partial charge in [-0.2, -0.15) is 0 Å². The third-order valence-electron chi connectivity index (χ3n) is 2.65. The van der Waals surface area contributed by atoms with E-state index < -0.39 is 0 Å². The van der Waals surface area contributed by atoms with Crippen LogP contribution in [-0.4, -0.2) is 10.9 Å². The summed E-state index contributed by atoms with van der Waals surface area (Å²) in [5.41, 5.74) is 2.60. The molecular weight excluding hydrogens is 224 g/mol. The molecule has 0 aliphatic heterocycles. The average molecular weight is 240 g/mol. The Hall–Kier alpha value is -2.16. The molecule has 0 saturated heterocycles. The van der Waals surface area contributed by atoms with Gasteiger partial charge in [0, 0.05) is 17.7 Å². The molecule has 1 amide bonds. The van der Waals surface area contributed by atoms with Gasteiger partial charge in [0.1, 0.15) is 0 Å². The van der Waals surface area contributed by atoms with Crippen LogP contribution in [0.4, 0.5) is 5.69 Å². The van der Waals surface area contributed by atoms with Gasteiger partial charge in [-0.1, -0.05) is 38.1 Å². The number of nitrogens with zero attached hydrogens (tertiary/aromatic N) is 1. The van der Waals surface area contributed by atoms with Crippen LogP contribution in [-0.2, 0) is 4.79 Å². The number of anilines is 1. The van der Waals surface area contributed by atoms with Crippen LogP contribution in [0.5, 0.6) is 0 Å². The summed E-state index contributed by atoms with van der Waals surface area (Å²) in [5, 5.41) is 2.93. The molecular formula is C15H16N2O. The Bertz CT molecular complexity index is 535. The third-order valence-corrected chi connectivity index (χ3v) is 2.65. The lowest BCUT2D eigenvalue weighted by atomic mass is 10.1. The monoisotopic (exact) mass is 240 g/mol. The first kappa shape index (κ1) is 12.3. The molecule has 0 aliphatic rings. The fourth-order valence-corrected chi connectivity index (χ4v) is 1.61. The molecule has 0 aliphatic carbocycles. The first-order valence-electron chi connectivity index (χ1n) is 6.00. The zero-order chi connectivity index (χ0) is 13.0. The molecule has 0 bridgehead atoms. The Balaban J connectivity index is 2.35. The molecule has 0 unspecified atom stereocenters. The van der Waals surface area contributed by atoms with Crippen molar-refractivity contribution in [1.82, 2.24) is 4.98 Å². The van der Waals surface area contributed by atoms with E-state index in [4.69, 9.17) is 0 Å². The standard InChI is InChI=1S/C15H16N2O/c1-11(2)15(18)17-14-9-4-3-7-12(14)13-8-5-6-10-16-13/h3-11H,1-2H3,(H,17,18). The van der Waals surface area contributed by atoms with E-state index in [0.29, 0.717) is 0 Å². The summed E-state index contributed by atoms with van der Waals surface area (Å²) in [6.07, 6.45) is 1.75. The summed E-state index contributed by atoms with van der Waals surface area (Å²) in [6.45, 7) is 3.75. The first-order valence-corrected chi connectivity index (χ1v) is 6.00. The first-order chi connectivity index (χ1) is 8.68. The molecule has 2 rings (SSSR count). The fourth-order valence-electron chi connectivity index (χ4n) is 1.61. The van der Waals surface area contributed by atoms with E-state index in [-0.39, 0.29) is 11.8 Å². The minimum Gasteiger partial charge on any atom is -0.325 e. The Morgan fingerprint density at radius 2 is 1.83 bits per heavy atom. The molecule has 0 radical (unpaired) electrons. The summed E-state index contributed by atoms with van der Waals surface area (Å²) in [4.78, 5) is 16.1. The molecule has 0 atom stereocenters. The normalized spacial score (nSPS) is 10.4. The molecule has 1 aromatic heterocycles. The van der Waals surface area contributed by atoms with E-state index in [2.05, 4.69) is 10.3 Å². The molecule has 1 aromatic carbocycles. The molecule has 0 spiro atoms. The van der Waals surface area contributed by atoms with Crippen molar-refractivity contribution in [2.45, 2.75) is 13.8 Å². The number of amides is 1. The highest BCUT2D eigenvalue weighted by Gasteiger charge is 2.11. The van der Waals surface area contributed by atoms with E-state index in [1.54, 1.807) is 6.20 Å². The van der Waals surface area contributed by atoms with Crippen molar-refractivity contribution in [2.24, 2.45) is 5.92 Å². The maximum Gasteiger partial charge on any atom is 0.226 e. The van der Waals surface area contributed by atoms with Gasteiger partial charge in [0.05, 0.1) is 11.4 Å². The Morgan fingerprint density at radius 3 is 2.50 bits per heavy atom. The van der Waals surface area contributed by atoms with Gasteiger partial charge in [0.2, 0.25) is 5.91 Å². The smallest absolute Gasteiger partial charge is 0.226 e. The number of benzene rings is 1. The maximum absolute atomic E-state index is 11.8. The molecule has 2 aromatic rings. The van der Waals surface area contributed by atoms with E-state index in [9.17, 15) is 4.79 Å². The molecule has 3 heteroatoms. The molecule has 0 saturated carbocycles. The second-order valence-corrected chi connectivity index (χ2v) is 4.40. The van der Waals surface area contributed by atoms with E-state index in [0.717, 1.165) is 16.9 Å². The van der Waals surface area contributed by atoms with Crippen LogP contribution >= 0.6 is 0 Å². The molecule has 92 valence electrons. The van der Waals surface area contributed by atoms with Gasteiger partial charge in [0.25, 0.3) is 0 Å². The fraction of sp³-hybridized carbons (Fsp3) is 0.200. The highest BCUT2D eigenvalue weighted by atomic mass is 16.1. The second kappa shape index (κ2) is 5.45. The summed E-state index contributed by atoms with van der Waals surface area (Å²) < 4.78 is 0. The number of carbonyl (C=O) groups is 1. The maximum atomic E-state index is 11.8. The highest BCUT2D eigenvalue weighted by Crippen LogP contribution is 2.26. The van der Waals surface area contributed by atoms with Crippen molar-refractivity contribution in [2.75, 3.05) is 5.32 Å². The van der Waals surface area contributed by atoms with E-state index in [1.807, 2.05) is 56.3 Å². The molecule has 18 heavy (non-hydrogen) atoms. The summed E-state index contributed by atoms with van der Waals surface area (Å²) >= 11 is 0. The van der Waals surface area contributed by atoms with Gasteiger partial charge < -0.3 is 5.32 Å². The van der Waals surface area contributed by atoms with Gasteiger partial charge in [-0.05, 0) is 18.2 Å². The molecule has 1 N–H and O–H groups in total. The lowest BCUT2D eigenvalue weighted by Gasteiger charge is -2.12. The van der Waals surface area contributed by atoms with Crippen LogP contribution in [0.1, 0.15) is 13.8 Å². The number of nitrogens with one attached hydrogen (secondary N) is 1. The van der Waals surface area contributed by atoms with E-state index >= 15 is 0 Å². The summed E-state index contributed by atoms with van der Waals surface area (Å²) in [7, 11) is 0. The Labute approximate surface area is 107 Å². The lowest BCUT2D eigenvalue weighted by molar-refractivity contribution is -0.118. The summed E-state index contributed by atoms with van der Waals surface area (Å²) in [5.74, 6) is -0.0276. The highest BCUT2D eigenvalue weighted by molar-refractivity contribution is 5.96. The van der Waals surface area contributed by atoms with Gasteiger partial charge >= 0.3 is 0 Å². The number of para-hydroxylation sites is 1. The predicted molar refractivity (Wildman–Crippen MR) is 73.1 cm³/mol. The van der Waals surface area contributed by atoms with Crippen molar-refractivity contribution in [3.8, 4) is 11.3 Å². The molecule has 3 nitrogen and oxygen atoms in total. The van der Waals surface area contributed by atoms with Crippen molar-refractivity contribution in [3.63, 3.8) is 0 Å². The number of hydrogen-bond donors (Lipinski definition) is 1. The van der Waals surface area contributed by atoms with Crippen molar-refractivity contribution < 1.29 is 4.79 Å². The number of carbonyl (C=O) groups excluding carboxylic acids is 1. The zero-order valence-corrected chi connectivity index (χ0v) is 10.6. The van der Waals surface area contributed by atoms with Crippen LogP contribution in [0.3, 0.4) is 0 Å². The number of pyridine rings is 1. The van der Waals surface area contributed by atoms with Gasteiger partial charge in [-0.15, -0.1) is 0 Å². The Morgan fingerprint density at radius 1 is 1.11 bits per heavy atom. The predicted octanol–water partition coefficient (Wildman–Crippen LogP) is 3.34. The number of rotatable bonds is 3. The SMILES string of the molecule is CC(C)C(=O)Nc1ccccc1-c1ccccn1. The van der Waals surface area contributed by atoms with Crippen LogP contribution < -0.4 is 5.32 Å². The largest absolute Gasteiger partial charge is 0.325 e. The minimum absolute atomic E-state index is 0.0124. The van der Waals surface area contributed by atoms with Crippen LogP contribution in [0, 0.1) is 5.92 Å². The van der Waals surface area contributed by atoms with Gasteiger partial charge in [-0.3, -0.25) is 9.78 Å². The van der Waals surface area contributed by atoms with Crippen molar-refractivity contribution >= 4 is 11.6 Å². The topological polar surface area (TPSA) is 42.0 Å². The quantitative estimate of drug-likeness (QED) is 0.894. The Kier molecular flexibility index (Phi) is 3.72. The van der Waals surface area contributed by atoms with Gasteiger partial charge in [-0.25, -0.2) is 0 Å². The average Bonchev–Trinajstić information content (AvgIpc) is 2.40. The van der Waals surface area contributed by atoms with Crippen LogP contribution in [0.25, 0.3) is 11.3 Å².